The number of carbonyl (C=O) groups is 1. The summed E-state index contributed by atoms with van der Waals surface area (Å²) in [5, 5.41) is 7.68. The molecule has 144 valence electrons. The Kier molecular flexibility index (Phi) is 5.10. The number of halogens is 2. The maximum Gasteiger partial charge on any atom is 0.259 e. The molecule has 1 N–H and O–H groups in total. The summed E-state index contributed by atoms with van der Waals surface area (Å²) in [5.41, 5.74) is 3.77. The van der Waals surface area contributed by atoms with Crippen LogP contribution < -0.4 is 5.32 Å². The molecule has 29 heavy (non-hydrogen) atoms. The minimum Gasteiger partial charge on any atom is -0.322 e. The Hall–Kier alpha value is -3.51. The average Bonchev–Trinajstić information content (AvgIpc) is 3.12. The van der Waals surface area contributed by atoms with Crippen LogP contribution in [0.15, 0.2) is 73.1 Å². The molecule has 0 radical (unpaired) electrons. The van der Waals surface area contributed by atoms with Crippen LogP contribution in [0.1, 0.15) is 16.1 Å². The van der Waals surface area contributed by atoms with Gasteiger partial charge in [0.2, 0.25) is 0 Å². The Bertz CT molecular complexity index is 1170. The zero-order valence-corrected chi connectivity index (χ0v) is 16.2. The van der Waals surface area contributed by atoms with Crippen LogP contribution in [0.3, 0.4) is 0 Å². The van der Waals surface area contributed by atoms with Crippen LogP contribution in [0.5, 0.6) is 0 Å². The molecular weight excluding hydrogens is 391 g/mol. The number of carbonyl (C=O) groups excluding carboxylic acids is 1. The lowest BCUT2D eigenvalue weighted by atomic mass is 10.1. The van der Waals surface area contributed by atoms with Crippen LogP contribution >= 0.6 is 11.6 Å². The van der Waals surface area contributed by atoms with E-state index in [0.29, 0.717) is 33.3 Å². The standard InChI is InChI=1S/C22H16ClFN4O/c1-14-19(13-26-28(14)17-8-5-15(24)6-9-17)22(29)27-16-7-10-20(23)18(12-16)21-4-2-3-11-25-21/h2-13H,1H3,(H,27,29). The van der Waals surface area contributed by atoms with Gasteiger partial charge < -0.3 is 5.32 Å². The molecule has 2 aromatic carbocycles. The van der Waals surface area contributed by atoms with Crippen molar-refractivity contribution in [1.29, 1.82) is 0 Å². The van der Waals surface area contributed by atoms with Gasteiger partial charge in [-0.3, -0.25) is 9.78 Å². The summed E-state index contributed by atoms with van der Waals surface area (Å²) in [5.74, 6) is -0.631. The molecule has 2 aromatic heterocycles. The number of nitrogens with zero attached hydrogens (tertiary/aromatic N) is 3. The van der Waals surface area contributed by atoms with Crippen LogP contribution in [-0.2, 0) is 0 Å². The van der Waals surface area contributed by atoms with E-state index in [4.69, 9.17) is 11.6 Å². The molecular formula is C22H16ClFN4O. The lowest BCUT2D eigenvalue weighted by molar-refractivity contribution is 0.102. The molecule has 0 spiro atoms. The SMILES string of the molecule is Cc1c(C(=O)Nc2ccc(Cl)c(-c3ccccn3)c2)cnn1-c1ccc(F)cc1. The second-order valence-corrected chi connectivity index (χ2v) is 6.80. The molecule has 7 heteroatoms. The third-order valence-corrected chi connectivity index (χ3v) is 4.82. The first-order valence-corrected chi connectivity index (χ1v) is 9.23. The maximum atomic E-state index is 13.2. The van der Waals surface area contributed by atoms with Crippen LogP contribution in [0.25, 0.3) is 16.9 Å². The number of anilines is 1. The van der Waals surface area contributed by atoms with E-state index >= 15 is 0 Å². The highest BCUT2D eigenvalue weighted by Crippen LogP contribution is 2.29. The van der Waals surface area contributed by atoms with Gasteiger partial charge in [0.05, 0.1) is 33.9 Å². The van der Waals surface area contributed by atoms with Crippen LogP contribution in [0, 0.1) is 12.7 Å². The van der Waals surface area contributed by atoms with E-state index in [-0.39, 0.29) is 11.7 Å². The zero-order valence-electron chi connectivity index (χ0n) is 15.4. The van der Waals surface area contributed by atoms with Gasteiger partial charge >= 0.3 is 0 Å². The predicted octanol–water partition coefficient (Wildman–Crippen LogP) is 5.29. The minimum absolute atomic E-state index is 0.301. The van der Waals surface area contributed by atoms with Crippen molar-refractivity contribution < 1.29 is 9.18 Å². The van der Waals surface area contributed by atoms with Crippen molar-refractivity contribution in [3.8, 4) is 16.9 Å². The molecule has 5 nitrogen and oxygen atoms in total. The quantitative estimate of drug-likeness (QED) is 0.501. The lowest BCUT2D eigenvalue weighted by Crippen LogP contribution is -2.13. The van der Waals surface area contributed by atoms with E-state index in [1.54, 1.807) is 48.1 Å². The minimum atomic E-state index is -0.331. The summed E-state index contributed by atoms with van der Waals surface area (Å²) in [6, 6.07) is 16.7. The summed E-state index contributed by atoms with van der Waals surface area (Å²) >= 11 is 6.30. The normalized spacial score (nSPS) is 10.7. The Labute approximate surface area is 171 Å². The first kappa shape index (κ1) is 18.8. The van der Waals surface area contributed by atoms with Crippen LogP contribution in [-0.4, -0.2) is 20.7 Å². The summed E-state index contributed by atoms with van der Waals surface area (Å²) in [6.07, 6.45) is 3.17. The molecule has 0 saturated heterocycles. The number of pyridine rings is 1. The fourth-order valence-electron chi connectivity index (χ4n) is 2.99. The molecule has 0 bridgehead atoms. The van der Waals surface area contributed by atoms with Gasteiger partial charge in [0.1, 0.15) is 5.82 Å². The van der Waals surface area contributed by atoms with Gasteiger partial charge in [0, 0.05) is 17.4 Å². The first-order chi connectivity index (χ1) is 14.0. The van der Waals surface area contributed by atoms with Crippen LogP contribution in [0.4, 0.5) is 10.1 Å². The fourth-order valence-corrected chi connectivity index (χ4v) is 3.21. The summed E-state index contributed by atoms with van der Waals surface area (Å²) in [6.45, 7) is 1.78. The number of rotatable bonds is 4. The Morgan fingerprint density at radius 2 is 1.90 bits per heavy atom. The predicted molar refractivity (Wildman–Crippen MR) is 111 cm³/mol. The molecule has 0 saturated carbocycles. The van der Waals surface area contributed by atoms with Crippen molar-refractivity contribution in [2.24, 2.45) is 0 Å². The smallest absolute Gasteiger partial charge is 0.259 e. The van der Waals surface area contributed by atoms with E-state index in [2.05, 4.69) is 15.4 Å². The molecule has 0 unspecified atom stereocenters. The Morgan fingerprint density at radius 3 is 2.62 bits per heavy atom. The van der Waals surface area contributed by atoms with E-state index in [0.717, 1.165) is 5.56 Å². The highest BCUT2D eigenvalue weighted by Gasteiger charge is 2.16. The van der Waals surface area contributed by atoms with Gasteiger partial charge in [0.15, 0.2) is 0 Å². The van der Waals surface area contributed by atoms with Gasteiger partial charge in [-0.1, -0.05) is 17.7 Å². The number of hydrogen-bond acceptors (Lipinski definition) is 3. The van der Waals surface area contributed by atoms with Crippen molar-refractivity contribution in [2.75, 3.05) is 5.32 Å². The van der Waals surface area contributed by atoms with Gasteiger partial charge in [0.25, 0.3) is 5.91 Å². The van der Waals surface area contributed by atoms with Crippen LogP contribution in [0.2, 0.25) is 5.02 Å². The molecule has 4 rings (SSSR count). The lowest BCUT2D eigenvalue weighted by Gasteiger charge is -2.09. The highest BCUT2D eigenvalue weighted by atomic mass is 35.5. The molecule has 0 fully saturated rings. The van der Waals surface area contributed by atoms with Crippen molar-refractivity contribution in [3.63, 3.8) is 0 Å². The summed E-state index contributed by atoms with van der Waals surface area (Å²) in [7, 11) is 0. The molecule has 0 aliphatic carbocycles. The Balaban J connectivity index is 1.60. The van der Waals surface area contributed by atoms with E-state index < -0.39 is 0 Å². The van der Waals surface area contributed by atoms with Crippen molar-refractivity contribution in [3.05, 3.63) is 95.2 Å². The maximum absolute atomic E-state index is 13.2. The number of hydrogen-bond donors (Lipinski definition) is 1. The summed E-state index contributed by atoms with van der Waals surface area (Å²) < 4.78 is 14.7. The average molecular weight is 407 g/mol. The van der Waals surface area contributed by atoms with E-state index in [1.165, 1.54) is 18.3 Å². The second kappa shape index (κ2) is 7.85. The first-order valence-electron chi connectivity index (χ1n) is 8.86. The fraction of sp³-hybridized carbons (Fsp3) is 0.0455. The second-order valence-electron chi connectivity index (χ2n) is 6.40. The largest absolute Gasteiger partial charge is 0.322 e. The van der Waals surface area contributed by atoms with Crippen molar-refractivity contribution in [2.45, 2.75) is 6.92 Å². The number of aromatic nitrogens is 3. The van der Waals surface area contributed by atoms with Crippen molar-refractivity contribution in [1.82, 2.24) is 14.8 Å². The van der Waals surface area contributed by atoms with E-state index in [9.17, 15) is 9.18 Å². The molecule has 1 amide bonds. The third kappa shape index (κ3) is 3.88. The molecule has 0 aliphatic rings. The van der Waals surface area contributed by atoms with Gasteiger partial charge in [-0.25, -0.2) is 9.07 Å². The molecule has 4 aromatic rings. The Morgan fingerprint density at radius 1 is 1.10 bits per heavy atom. The van der Waals surface area contributed by atoms with Crippen molar-refractivity contribution >= 4 is 23.2 Å². The number of nitrogens with one attached hydrogen (secondary N) is 1. The monoisotopic (exact) mass is 406 g/mol. The summed E-state index contributed by atoms with van der Waals surface area (Å²) in [4.78, 5) is 17.1. The highest BCUT2D eigenvalue weighted by molar-refractivity contribution is 6.33. The van der Waals surface area contributed by atoms with Gasteiger partial charge in [-0.15, -0.1) is 0 Å². The van der Waals surface area contributed by atoms with Gasteiger partial charge in [-0.2, -0.15) is 5.10 Å². The number of benzene rings is 2. The molecule has 0 atom stereocenters. The van der Waals surface area contributed by atoms with Gasteiger partial charge in [-0.05, 0) is 61.5 Å². The van der Waals surface area contributed by atoms with E-state index in [1.807, 2.05) is 18.2 Å². The topological polar surface area (TPSA) is 59.8 Å². The number of amides is 1. The zero-order chi connectivity index (χ0) is 20.4. The molecule has 0 aliphatic heterocycles. The molecule has 2 heterocycles. The third-order valence-electron chi connectivity index (χ3n) is 4.49.